The molecule has 4 rings (SSSR count). The number of nitrogens with zero attached hydrogens (tertiary/aromatic N) is 1. The smallest absolute Gasteiger partial charge is 0.320 e. The number of carbonyl (C=O) groups is 1. The number of hydrogen-bond donors (Lipinski definition) is 1. The second-order valence-corrected chi connectivity index (χ2v) is 10.5. The van der Waals surface area contributed by atoms with Crippen molar-refractivity contribution < 1.29 is 19.0 Å². The van der Waals surface area contributed by atoms with Gasteiger partial charge in [0.05, 0.1) is 13.3 Å². The van der Waals surface area contributed by atoms with Gasteiger partial charge in [-0.2, -0.15) is 0 Å². The van der Waals surface area contributed by atoms with Gasteiger partial charge in [0.15, 0.2) is 0 Å². The number of hydrogen-bond acceptors (Lipinski definition) is 3. The van der Waals surface area contributed by atoms with E-state index >= 15 is 0 Å². The molecule has 206 valence electrons. The molecule has 0 spiro atoms. The summed E-state index contributed by atoms with van der Waals surface area (Å²) >= 11 is 0. The van der Waals surface area contributed by atoms with Crippen LogP contribution in [0.1, 0.15) is 56.6 Å². The number of halogens is 1. The molecule has 5 heteroatoms. The van der Waals surface area contributed by atoms with E-state index in [9.17, 15) is 14.3 Å². The van der Waals surface area contributed by atoms with Gasteiger partial charge in [0.25, 0.3) is 0 Å². The van der Waals surface area contributed by atoms with Crippen LogP contribution >= 0.6 is 0 Å². The average Bonchev–Trinajstić information content (AvgIpc) is 3.09. The van der Waals surface area contributed by atoms with E-state index in [1.807, 2.05) is 6.07 Å². The first-order chi connectivity index (χ1) is 19.0. The lowest BCUT2D eigenvalue weighted by Crippen LogP contribution is -2.45. The van der Waals surface area contributed by atoms with Crippen LogP contribution < -0.4 is 0 Å². The number of likely N-dealkylation sites (tertiary alicyclic amines) is 1. The third-order valence-electron chi connectivity index (χ3n) is 7.71. The summed E-state index contributed by atoms with van der Waals surface area (Å²) in [5, 5.41) is 9.78. The fourth-order valence-corrected chi connectivity index (χ4v) is 5.32. The Balaban J connectivity index is 1.60. The summed E-state index contributed by atoms with van der Waals surface area (Å²) < 4.78 is 18.9. The molecule has 1 heterocycles. The van der Waals surface area contributed by atoms with Crippen LogP contribution in [0.3, 0.4) is 0 Å². The summed E-state index contributed by atoms with van der Waals surface area (Å²) in [5.74, 6) is -0.000764. The Morgan fingerprint density at radius 2 is 1.90 bits per heavy atom. The summed E-state index contributed by atoms with van der Waals surface area (Å²) in [6.07, 6.45) is 13.0. The molecule has 0 radical (unpaired) electrons. The SMILES string of the molecule is CC1=C(/C=C/c2cccc(-c3ccccc3)c2C)C=C(OCCCCF)C(CN2CCCCC2C(=O)O)=CC1. The predicted octanol–water partition coefficient (Wildman–Crippen LogP) is 7.91. The zero-order valence-corrected chi connectivity index (χ0v) is 23.2. The quantitative estimate of drug-likeness (QED) is 0.301. The highest BCUT2D eigenvalue weighted by Gasteiger charge is 2.29. The summed E-state index contributed by atoms with van der Waals surface area (Å²) in [6.45, 7) is 5.67. The van der Waals surface area contributed by atoms with Crippen molar-refractivity contribution in [3.8, 4) is 11.1 Å². The number of rotatable bonds is 11. The minimum Gasteiger partial charge on any atom is -0.493 e. The molecule has 0 aromatic heterocycles. The molecule has 0 bridgehead atoms. The van der Waals surface area contributed by atoms with Gasteiger partial charge in [0, 0.05) is 12.1 Å². The van der Waals surface area contributed by atoms with Gasteiger partial charge in [-0.15, -0.1) is 0 Å². The summed E-state index contributed by atoms with van der Waals surface area (Å²) in [7, 11) is 0. The maximum Gasteiger partial charge on any atom is 0.320 e. The summed E-state index contributed by atoms with van der Waals surface area (Å²) in [4.78, 5) is 14.0. The van der Waals surface area contributed by atoms with Crippen molar-refractivity contribution >= 4 is 12.0 Å². The van der Waals surface area contributed by atoms with Crippen LogP contribution in [0.2, 0.25) is 0 Å². The van der Waals surface area contributed by atoms with Gasteiger partial charge in [-0.05, 0) is 86.4 Å². The molecule has 1 saturated heterocycles. The monoisotopic (exact) mass is 529 g/mol. The molecule has 2 aromatic carbocycles. The maximum absolute atomic E-state index is 12.7. The predicted molar refractivity (Wildman–Crippen MR) is 157 cm³/mol. The van der Waals surface area contributed by atoms with Crippen molar-refractivity contribution in [2.75, 3.05) is 26.4 Å². The number of alkyl halides is 1. The van der Waals surface area contributed by atoms with Gasteiger partial charge in [-0.1, -0.05) is 78.8 Å². The highest BCUT2D eigenvalue weighted by atomic mass is 19.1. The van der Waals surface area contributed by atoms with Crippen LogP contribution in [-0.4, -0.2) is 48.4 Å². The Kier molecular flexibility index (Phi) is 10.3. The van der Waals surface area contributed by atoms with Crippen molar-refractivity contribution in [2.45, 2.75) is 58.4 Å². The first-order valence-electron chi connectivity index (χ1n) is 14.1. The Bertz CT molecular complexity index is 1260. The van der Waals surface area contributed by atoms with E-state index < -0.39 is 12.0 Å². The number of unbranched alkanes of at least 4 members (excludes halogenated alkanes) is 1. The van der Waals surface area contributed by atoms with E-state index in [2.05, 4.69) is 85.5 Å². The van der Waals surface area contributed by atoms with Crippen molar-refractivity contribution in [2.24, 2.45) is 0 Å². The summed E-state index contributed by atoms with van der Waals surface area (Å²) in [6, 6.07) is 16.3. The Labute approximate surface area is 232 Å². The number of allylic oxidation sites excluding steroid dienone is 5. The van der Waals surface area contributed by atoms with Crippen LogP contribution in [0.25, 0.3) is 17.2 Å². The zero-order chi connectivity index (χ0) is 27.6. The number of aliphatic carboxylic acids is 1. The van der Waals surface area contributed by atoms with Gasteiger partial charge in [-0.3, -0.25) is 14.1 Å². The van der Waals surface area contributed by atoms with Gasteiger partial charge >= 0.3 is 5.97 Å². The fourth-order valence-electron chi connectivity index (χ4n) is 5.32. The molecule has 39 heavy (non-hydrogen) atoms. The van der Waals surface area contributed by atoms with Crippen LogP contribution in [0.4, 0.5) is 4.39 Å². The molecular weight excluding hydrogens is 489 g/mol. The third-order valence-corrected chi connectivity index (χ3v) is 7.71. The van der Waals surface area contributed by atoms with Crippen LogP contribution in [0, 0.1) is 6.92 Å². The minimum atomic E-state index is -0.760. The Morgan fingerprint density at radius 1 is 1.08 bits per heavy atom. The normalized spacial score (nSPS) is 18.6. The molecule has 1 fully saturated rings. The topological polar surface area (TPSA) is 49.8 Å². The van der Waals surface area contributed by atoms with Crippen molar-refractivity contribution in [1.82, 2.24) is 4.90 Å². The van der Waals surface area contributed by atoms with E-state index in [1.54, 1.807) is 0 Å². The van der Waals surface area contributed by atoms with Crippen molar-refractivity contribution in [3.63, 3.8) is 0 Å². The van der Waals surface area contributed by atoms with Crippen molar-refractivity contribution in [3.05, 3.63) is 100 Å². The van der Waals surface area contributed by atoms with Gasteiger partial charge < -0.3 is 9.84 Å². The van der Waals surface area contributed by atoms with E-state index in [0.717, 1.165) is 48.3 Å². The molecule has 1 N–H and O–H groups in total. The number of carboxylic acid groups (broad SMARTS) is 1. The fraction of sp³-hybridized carbons (Fsp3) is 0.382. The molecule has 2 aliphatic rings. The second kappa shape index (κ2) is 14.1. The Morgan fingerprint density at radius 3 is 2.67 bits per heavy atom. The number of carboxylic acids is 1. The minimum absolute atomic E-state index is 0.354. The van der Waals surface area contributed by atoms with E-state index in [-0.39, 0.29) is 6.67 Å². The molecule has 0 amide bonds. The van der Waals surface area contributed by atoms with Crippen molar-refractivity contribution in [1.29, 1.82) is 0 Å². The van der Waals surface area contributed by atoms with Crippen LogP contribution in [-0.2, 0) is 9.53 Å². The van der Waals surface area contributed by atoms with Gasteiger partial charge in [0.1, 0.15) is 11.8 Å². The van der Waals surface area contributed by atoms with Crippen LogP contribution in [0.15, 0.2) is 89.2 Å². The molecule has 4 nitrogen and oxygen atoms in total. The molecule has 1 atom stereocenters. The lowest BCUT2D eigenvalue weighted by atomic mass is 9.95. The molecule has 1 aliphatic carbocycles. The lowest BCUT2D eigenvalue weighted by Gasteiger charge is -2.33. The number of benzene rings is 2. The molecular formula is C34H40FNO3. The van der Waals surface area contributed by atoms with Crippen LogP contribution in [0.5, 0.6) is 0 Å². The van der Waals surface area contributed by atoms with Gasteiger partial charge in [0.2, 0.25) is 0 Å². The molecule has 1 unspecified atom stereocenters. The zero-order valence-electron chi connectivity index (χ0n) is 23.2. The number of ether oxygens (including phenoxy) is 1. The molecule has 1 aliphatic heterocycles. The van der Waals surface area contributed by atoms with E-state index in [0.29, 0.717) is 32.4 Å². The number of piperidine rings is 1. The summed E-state index contributed by atoms with van der Waals surface area (Å²) in [5.41, 5.74) is 8.11. The second-order valence-electron chi connectivity index (χ2n) is 10.5. The maximum atomic E-state index is 12.7. The first kappa shape index (κ1) is 28.6. The lowest BCUT2D eigenvalue weighted by molar-refractivity contribution is -0.144. The largest absolute Gasteiger partial charge is 0.493 e. The standard InChI is InChI=1S/C34H40FNO3/c1-25-16-17-30(24-36-21-8-6-15-32(36)34(37)38)33(39-22-9-7-20-35)23-29(25)19-18-27-13-10-14-31(26(27)2)28-11-4-3-5-12-28/h3-5,10-14,17-19,23,32H,6-9,15-16,20-22,24H2,1-2H3,(H,37,38)/b19-18+. The Hall–Kier alpha value is -3.44. The highest BCUT2D eigenvalue weighted by molar-refractivity contribution is 5.74. The van der Waals surface area contributed by atoms with Gasteiger partial charge in [-0.25, -0.2) is 0 Å². The third kappa shape index (κ3) is 7.57. The average molecular weight is 530 g/mol. The van der Waals surface area contributed by atoms with E-state index in [4.69, 9.17) is 4.74 Å². The molecule has 0 saturated carbocycles. The first-order valence-corrected chi connectivity index (χ1v) is 14.1. The highest BCUT2D eigenvalue weighted by Crippen LogP contribution is 2.30. The molecule has 2 aromatic rings. The van der Waals surface area contributed by atoms with E-state index in [1.165, 1.54) is 22.3 Å².